The number of hydrogen-bond donors (Lipinski definition) is 4. The first-order chi connectivity index (χ1) is 26.5. The molecule has 1 unspecified atom stereocenters. The number of nitrogens with one attached hydrogen (secondary N) is 3. The van der Waals surface area contributed by atoms with Crippen molar-refractivity contribution in [3.8, 4) is 22.2 Å². The minimum Gasteiger partial charge on any atom is -0.495 e. The minimum atomic E-state index is -1.53. The summed E-state index contributed by atoms with van der Waals surface area (Å²) in [5.74, 6) is -0.877. The summed E-state index contributed by atoms with van der Waals surface area (Å²) in [4.78, 5) is 60.6. The van der Waals surface area contributed by atoms with E-state index in [1.807, 2.05) is 34.6 Å². The van der Waals surface area contributed by atoms with Crippen molar-refractivity contribution in [1.82, 2.24) is 30.7 Å². The van der Waals surface area contributed by atoms with Gasteiger partial charge in [0, 0.05) is 29.8 Å². The van der Waals surface area contributed by atoms with E-state index in [-0.39, 0.29) is 36.6 Å². The molecule has 3 saturated carbocycles. The number of halogens is 1. The third-order valence-electron chi connectivity index (χ3n) is 11.1. The minimum absolute atomic E-state index is 0.0164. The highest BCUT2D eigenvalue weighted by Gasteiger charge is 2.61. The number of pyridine rings is 1. The zero-order valence-corrected chi connectivity index (χ0v) is 33.8. The van der Waals surface area contributed by atoms with Gasteiger partial charge < -0.3 is 40.2 Å². The summed E-state index contributed by atoms with van der Waals surface area (Å²) < 4.78 is 17.9. The second-order valence-electron chi connectivity index (χ2n) is 16.7. The van der Waals surface area contributed by atoms with Crippen LogP contribution < -0.4 is 25.4 Å². The molecule has 0 bridgehead atoms. The van der Waals surface area contributed by atoms with Gasteiger partial charge in [0.1, 0.15) is 52.0 Å². The molecular formula is C39H48ClN7O8S. The fourth-order valence-electron chi connectivity index (χ4n) is 7.95. The van der Waals surface area contributed by atoms with Gasteiger partial charge in [-0.3, -0.25) is 9.59 Å². The molecule has 2 aromatic heterocycles. The zero-order chi connectivity index (χ0) is 40.3. The molecular weight excluding hydrogens is 762 g/mol. The van der Waals surface area contributed by atoms with Gasteiger partial charge in [-0.1, -0.05) is 49.8 Å². The standard InChI is InChI=1S/C39H48ClN7O8S/c1-8-21-16-39(21,35(50)51)44-32(48)26-14-23(17-47(26)34(49)31(38(4,5)6)43-37(52)55-22-12-19-11-20(19)13-22)54-28-15-25(33-45-46-36(56-33)41-18(2)3)42-30-24(28)9-10-27(53-7)29(30)40/h8-10,15,18-23,26,31H,1,11-14,16-17H2,2-7H3,(H,41,46)(H,43,52)(H,44,48)(H,50,51)/t19-,20+,21-,22?,23-,26+,31-,39-/m1/s1. The molecule has 1 aromatic carbocycles. The van der Waals surface area contributed by atoms with E-state index >= 15 is 0 Å². The number of carboxylic acid groups (broad SMARTS) is 1. The topological polar surface area (TPSA) is 194 Å². The summed E-state index contributed by atoms with van der Waals surface area (Å²) >= 11 is 8.10. The number of rotatable bonds is 13. The van der Waals surface area contributed by atoms with E-state index in [9.17, 15) is 24.3 Å². The van der Waals surface area contributed by atoms with Gasteiger partial charge in [0.15, 0.2) is 5.01 Å². The van der Waals surface area contributed by atoms with Crippen molar-refractivity contribution < 1.29 is 38.5 Å². The van der Waals surface area contributed by atoms with Crippen molar-refractivity contribution >= 4 is 62.8 Å². The highest BCUT2D eigenvalue weighted by atomic mass is 35.5. The van der Waals surface area contributed by atoms with Crippen LogP contribution in [-0.4, -0.2) is 98.6 Å². The van der Waals surface area contributed by atoms with Crippen LogP contribution in [0.4, 0.5) is 9.93 Å². The quantitative estimate of drug-likeness (QED) is 0.155. The van der Waals surface area contributed by atoms with Crippen molar-refractivity contribution in [1.29, 1.82) is 0 Å². The molecule has 4 aliphatic rings. The first-order valence-corrected chi connectivity index (χ1v) is 20.1. The maximum Gasteiger partial charge on any atom is 0.408 e. The van der Waals surface area contributed by atoms with Gasteiger partial charge in [0.25, 0.3) is 0 Å². The number of benzene rings is 1. The highest BCUT2D eigenvalue weighted by Crippen LogP contribution is 2.52. The fraction of sp³-hybridized carbons (Fsp3) is 0.564. The zero-order valence-electron chi connectivity index (χ0n) is 32.3. The van der Waals surface area contributed by atoms with E-state index in [1.165, 1.54) is 35.8 Å². The molecule has 3 aliphatic carbocycles. The van der Waals surface area contributed by atoms with Gasteiger partial charge in [-0.2, -0.15) is 0 Å². The number of nitrogens with zero attached hydrogens (tertiary/aromatic N) is 4. The summed E-state index contributed by atoms with van der Waals surface area (Å²) in [6.45, 7) is 13.1. The van der Waals surface area contributed by atoms with Crippen molar-refractivity contribution in [3.63, 3.8) is 0 Å². The smallest absolute Gasteiger partial charge is 0.408 e. The highest BCUT2D eigenvalue weighted by molar-refractivity contribution is 7.18. The molecule has 1 saturated heterocycles. The number of methoxy groups -OCH3 is 1. The molecule has 4 N–H and O–H groups in total. The van der Waals surface area contributed by atoms with Gasteiger partial charge in [-0.15, -0.1) is 16.8 Å². The monoisotopic (exact) mass is 809 g/mol. The van der Waals surface area contributed by atoms with Gasteiger partial charge in [-0.05, 0) is 68.9 Å². The van der Waals surface area contributed by atoms with Crippen LogP contribution in [0.15, 0.2) is 30.9 Å². The molecule has 0 radical (unpaired) electrons. The Morgan fingerprint density at radius 3 is 2.45 bits per heavy atom. The lowest BCUT2D eigenvalue weighted by Gasteiger charge is -2.35. The number of ether oxygens (including phenoxy) is 3. The van der Waals surface area contributed by atoms with Crippen LogP contribution >= 0.6 is 22.9 Å². The first-order valence-electron chi connectivity index (χ1n) is 18.9. The van der Waals surface area contributed by atoms with Crippen LogP contribution in [0.5, 0.6) is 11.5 Å². The number of aromatic nitrogens is 3. The van der Waals surface area contributed by atoms with E-state index in [4.69, 9.17) is 30.8 Å². The number of carbonyl (C=O) groups excluding carboxylic acids is 3. The Morgan fingerprint density at radius 1 is 1.09 bits per heavy atom. The first kappa shape index (κ1) is 39.5. The number of fused-ring (bicyclic) bond motifs is 2. The van der Waals surface area contributed by atoms with Gasteiger partial charge in [-0.25, -0.2) is 14.6 Å². The molecule has 1 aliphatic heterocycles. The fourth-order valence-corrected chi connectivity index (χ4v) is 9.09. The summed E-state index contributed by atoms with van der Waals surface area (Å²) in [5, 5.41) is 29.4. The summed E-state index contributed by atoms with van der Waals surface area (Å²) in [5.41, 5.74) is -1.51. The van der Waals surface area contributed by atoms with E-state index in [0.717, 1.165) is 12.8 Å². The molecule has 8 atom stereocenters. The second kappa shape index (κ2) is 15.0. The molecule has 4 fully saturated rings. The molecule has 300 valence electrons. The van der Waals surface area contributed by atoms with Crippen LogP contribution in [0.1, 0.15) is 66.7 Å². The lowest BCUT2D eigenvalue weighted by Crippen LogP contribution is -2.59. The normalized spacial score (nSPS) is 27.0. The van der Waals surface area contributed by atoms with E-state index in [2.05, 4.69) is 32.7 Å². The van der Waals surface area contributed by atoms with Crippen molar-refractivity contribution in [3.05, 3.63) is 35.9 Å². The van der Waals surface area contributed by atoms with Crippen LogP contribution in [0, 0.1) is 23.2 Å². The SMILES string of the molecule is C=C[C@@H]1C[C@]1(NC(=O)[C@@H]1C[C@@H](Oc2cc(-c3nnc(NC(C)C)s3)nc3c(Cl)c(OC)ccc23)CN1C(=O)[C@@H](NC(=O)OC1C[C@@H]2C[C@@H]2C1)C(C)(C)C)C(=O)O. The Labute approximate surface area is 333 Å². The predicted octanol–water partition coefficient (Wildman–Crippen LogP) is 5.67. The Hall–Kier alpha value is -4.70. The molecule has 3 heterocycles. The lowest BCUT2D eigenvalue weighted by atomic mass is 9.85. The molecule has 0 spiro atoms. The number of carboxylic acids is 1. The summed E-state index contributed by atoms with van der Waals surface area (Å²) in [6.07, 6.45) is 2.84. The third-order valence-corrected chi connectivity index (χ3v) is 12.4. The summed E-state index contributed by atoms with van der Waals surface area (Å²) in [7, 11) is 1.50. The van der Waals surface area contributed by atoms with Gasteiger partial charge in [0.2, 0.25) is 16.9 Å². The molecule has 7 rings (SSSR count). The molecule has 3 aromatic rings. The molecule has 17 heteroatoms. The lowest BCUT2D eigenvalue weighted by molar-refractivity contribution is -0.146. The van der Waals surface area contributed by atoms with Crippen molar-refractivity contribution in [2.24, 2.45) is 23.2 Å². The van der Waals surface area contributed by atoms with E-state index in [0.29, 0.717) is 50.1 Å². The Kier molecular flexibility index (Phi) is 10.6. The number of carbonyl (C=O) groups is 4. The van der Waals surface area contributed by atoms with E-state index in [1.54, 1.807) is 18.2 Å². The number of likely N-dealkylation sites (tertiary alicyclic amines) is 1. The van der Waals surface area contributed by atoms with Crippen molar-refractivity contribution in [2.45, 2.75) is 103 Å². The predicted molar refractivity (Wildman–Crippen MR) is 210 cm³/mol. The van der Waals surface area contributed by atoms with Crippen LogP contribution in [0.2, 0.25) is 5.02 Å². The number of aliphatic carboxylic acids is 1. The Morgan fingerprint density at radius 2 is 1.82 bits per heavy atom. The maximum atomic E-state index is 14.6. The average Bonchev–Trinajstić information content (AvgIpc) is 3.80. The maximum absolute atomic E-state index is 14.6. The molecule has 56 heavy (non-hydrogen) atoms. The van der Waals surface area contributed by atoms with Gasteiger partial charge >= 0.3 is 12.1 Å². The number of anilines is 1. The summed E-state index contributed by atoms with van der Waals surface area (Å²) in [6, 6.07) is 3.08. The number of hydrogen-bond acceptors (Lipinski definition) is 12. The van der Waals surface area contributed by atoms with Crippen molar-refractivity contribution in [2.75, 3.05) is 19.0 Å². The number of amides is 3. The molecule has 3 amide bonds. The van der Waals surface area contributed by atoms with Crippen LogP contribution in [0.3, 0.4) is 0 Å². The third kappa shape index (κ3) is 7.82. The second-order valence-corrected chi connectivity index (χ2v) is 18.0. The number of alkyl carbamates (subject to hydrolysis) is 1. The average molecular weight is 810 g/mol. The van der Waals surface area contributed by atoms with Crippen LogP contribution in [-0.2, 0) is 19.1 Å². The largest absolute Gasteiger partial charge is 0.495 e. The Bertz CT molecular complexity index is 2060. The van der Waals surface area contributed by atoms with E-state index < -0.39 is 58.9 Å². The Balaban J connectivity index is 1.20. The van der Waals surface area contributed by atoms with Gasteiger partial charge in [0.05, 0.1) is 19.2 Å². The molecule has 15 nitrogen and oxygen atoms in total. The van der Waals surface area contributed by atoms with Crippen LogP contribution in [0.25, 0.3) is 21.6 Å².